The minimum Gasteiger partial charge on any atom is -0.309 e. The number of benzene rings is 1. The van der Waals surface area contributed by atoms with Crippen molar-refractivity contribution >= 4 is 23.2 Å². The summed E-state index contributed by atoms with van der Waals surface area (Å²) in [5, 5.41) is 4.17. The van der Waals surface area contributed by atoms with Gasteiger partial charge in [-0.2, -0.15) is 0 Å². The molecule has 78 valence electrons. The molecule has 0 fully saturated rings. The normalized spacial score (nSPS) is 12.8. The molecule has 0 saturated carbocycles. The molecule has 0 amide bonds. The summed E-state index contributed by atoms with van der Waals surface area (Å²) in [5.74, 6) is 0.640. The van der Waals surface area contributed by atoms with Crippen molar-refractivity contribution in [1.29, 1.82) is 0 Å². The summed E-state index contributed by atoms with van der Waals surface area (Å²) in [6.45, 7) is 2.90. The van der Waals surface area contributed by atoms with E-state index in [2.05, 4.69) is 12.2 Å². The zero-order valence-electron chi connectivity index (χ0n) is 8.26. The Labute approximate surface area is 95.4 Å². The van der Waals surface area contributed by atoms with E-state index in [0.717, 1.165) is 23.6 Å². The van der Waals surface area contributed by atoms with Gasteiger partial charge in [0.05, 0.1) is 0 Å². The Hall–Kier alpha value is -0.240. The van der Waals surface area contributed by atoms with Crippen LogP contribution in [0.5, 0.6) is 0 Å². The molecule has 14 heavy (non-hydrogen) atoms. The van der Waals surface area contributed by atoms with Crippen LogP contribution in [-0.4, -0.2) is 11.9 Å². The minimum absolute atomic E-state index is 0.368. The van der Waals surface area contributed by atoms with Gasteiger partial charge in [-0.3, -0.25) is 0 Å². The van der Waals surface area contributed by atoms with Crippen molar-refractivity contribution < 1.29 is 0 Å². The Kier molecular flexibility index (Phi) is 5.31. The van der Waals surface area contributed by atoms with Crippen LogP contribution in [0, 0.1) is 0 Å². The highest BCUT2D eigenvalue weighted by Gasteiger charge is 2.04. The lowest BCUT2D eigenvalue weighted by atomic mass is 10.2. The molecule has 1 atom stereocenters. The molecular formula is C11H15Cl2N. The average molecular weight is 232 g/mol. The van der Waals surface area contributed by atoms with E-state index < -0.39 is 0 Å². The Balaban J connectivity index is 2.49. The smallest absolute Gasteiger partial charge is 0.0450 e. The molecule has 1 nitrogen and oxygen atoms in total. The molecule has 0 aliphatic rings. The third-order valence-electron chi connectivity index (χ3n) is 2.22. The van der Waals surface area contributed by atoms with Crippen LogP contribution >= 0.6 is 23.2 Å². The molecule has 0 saturated heterocycles. The van der Waals surface area contributed by atoms with E-state index in [1.807, 2.05) is 24.3 Å². The van der Waals surface area contributed by atoms with E-state index in [4.69, 9.17) is 23.2 Å². The molecule has 0 heterocycles. The summed E-state index contributed by atoms with van der Waals surface area (Å²) in [6, 6.07) is 8.22. The number of nitrogens with one attached hydrogen (secondary N) is 1. The van der Waals surface area contributed by atoms with Crippen LogP contribution in [0.25, 0.3) is 0 Å². The number of alkyl halides is 1. The lowest BCUT2D eigenvalue weighted by Crippen LogP contribution is -2.29. The van der Waals surface area contributed by atoms with Crippen molar-refractivity contribution in [2.75, 3.05) is 5.88 Å². The Bertz CT molecular complexity index is 272. The van der Waals surface area contributed by atoms with E-state index in [1.54, 1.807) is 0 Å². The highest BCUT2D eigenvalue weighted by molar-refractivity contribution is 6.31. The second-order valence-corrected chi connectivity index (χ2v) is 3.95. The predicted molar refractivity (Wildman–Crippen MR) is 63.1 cm³/mol. The molecule has 0 aliphatic carbocycles. The summed E-state index contributed by atoms with van der Waals surface area (Å²) >= 11 is 11.8. The SMILES string of the molecule is CCC(CCl)NCc1ccccc1Cl. The summed E-state index contributed by atoms with van der Waals surface area (Å²) in [4.78, 5) is 0. The van der Waals surface area contributed by atoms with Crippen LogP contribution in [0.15, 0.2) is 24.3 Å². The molecule has 1 unspecified atom stereocenters. The number of halogens is 2. The molecule has 1 N–H and O–H groups in total. The molecule has 0 aliphatic heterocycles. The van der Waals surface area contributed by atoms with Crippen molar-refractivity contribution in [3.63, 3.8) is 0 Å². The molecule has 1 aromatic carbocycles. The fourth-order valence-electron chi connectivity index (χ4n) is 1.20. The molecule has 3 heteroatoms. The van der Waals surface area contributed by atoms with Gasteiger partial charge >= 0.3 is 0 Å². The topological polar surface area (TPSA) is 12.0 Å². The summed E-state index contributed by atoms with van der Waals surface area (Å²) < 4.78 is 0. The molecular weight excluding hydrogens is 217 g/mol. The summed E-state index contributed by atoms with van der Waals surface area (Å²) in [6.07, 6.45) is 1.04. The van der Waals surface area contributed by atoms with E-state index in [0.29, 0.717) is 11.9 Å². The molecule has 1 rings (SSSR count). The van der Waals surface area contributed by atoms with Gasteiger partial charge in [0.15, 0.2) is 0 Å². The van der Waals surface area contributed by atoms with Crippen molar-refractivity contribution in [3.05, 3.63) is 34.9 Å². The lowest BCUT2D eigenvalue weighted by molar-refractivity contribution is 0.539. The first-order valence-corrected chi connectivity index (χ1v) is 5.72. The van der Waals surface area contributed by atoms with Gasteiger partial charge in [-0.05, 0) is 18.1 Å². The second-order valence-electron chi connectivity index (χ2n) is 3.23. The van der Waals surface area contributed by atoms with Gasteiger partial charge in [-0.1, -0.05) is 36.7 Å². The van der Waals surface area contributed by atoms with Crippen molar-refractivity contribution in [1.82, 2.24) is 5.32 Å². The monoisotopic (exact) mass is 231 g/mol. The van der Waals surface area contributed by atoms with E-state index in [-0.39, 0.29) is 0 Å². The summed E-state index contributed by atoms with van der Waals surface area (Å²) in [5.41, 5.74) is 1.12. The maximum Gasteiger partial charge on any atom is 0.0450 e. The van der Waals surface area contributed by atoms with Gasteiger partial charge in [0.2, 0.25) is 0 Å². The van der Waals surface area contributed by atoms with Crippen molar-refractivity contribution in [3.8, 4) is 0 Å². The van der Waals surface area contributed by atoms with Crippen molar-refractivity contribution in [2.24, 2.45) is 0 Å². The predicted octanol–water partition coefficient (Wildman–Crippen LogP) is 3.45. The third-order valence-corrected chi connectivity index (χ3v) is 2.96. The standard InChI is InChI=1S/C11H15Cl2N/c1-2-10(7-12)14-8-9-5-3-4-6-11(9)13/h3-6,10,14H,2,7-8H2,1H3. The van der Waals surface area contributed by atoms with Crippen LogP contribution < -0.4 is 5.32 Å². The van der Waals surface area contributed by atoms with Crippen LogP contribution in [0.2, 0.25) is 5.02 Å². The minimum atomic E-state index is 0.368. The average Bonchev–Trinajstić information content (AvgIpc) is 2.22. The van der Waals surface area contributed by atoms with Gasteiger partial charge in [-0.25, -0.2) is 0 Å². The van der Waals surface area contributed by atoms with E-state index in [1.165, 1.54) is 0 Å². The molecule has 0 aromatic heterocycles. The fourth-order valence-corrected chi connectivity index (χ4v) is 1.73. The van der Waals surface area contributed by atoms with Gasteiger partial charge in [0, 0.05) is 23.5 Å². The fraction of sp³-hybridized carbons (Fsp3) is 0.455. The van der Waals surface area contributed by atoms with Gasteiger partial charge in [0.1, 0.15) is 0 Å². The molecule has 0 spiro atoms. The van der Waals surface area contributed by atoms with E-state index >= 15 is 0 Å². The maximum atomic E-state index is 6.02. The number of hydrogen-bond acceptors (Lipinski definition) is 1. The van der Waals surface area contributed by atoms with Crippen LogP contribution in [-0.2, 0) is 6.54 Å². The van der Waals surface area contributed by atoms with Crippen LogP contribution in [0.3, 0.4) is 0 Å². The zero-order valence-corrected chi connectivity index (χ0v) is 9.78. The highest BCUT2D eigenvalue weighted by Crippen LogP contribution is 2.14. The highest BCUT2D eigenvalue weighted by atomic mass is 35.5. The quantitative estimate of drug-likeness (QED) is 0.766. The Morgan fingerprint density at radius 2 is 2.07 bits per heavy atom. The van der Waals surface area contributed by atoms with Crippen LogP contribution in [0.4, 0.5) is 0 Å². The zero-order chi connectivity index (χ0) is 10.4. The number of hydrogen-bond donors (Lipinski definition) is 1. The van der Waals surface area contributed by atoms with Gasteiger partial charge in [-0.15, -0.1) is 11.6 Å². The Morgan fingerprint density at radius 3 is 2.64 bits per heavy atom. The summed E-state index contributed by atoms with van der Waals surface area (Å²) in [7, 11) is 0. The molecule has 0 radical (unpaired) electrons. The first-order valence-electron chi connectivity index (χ1n) is 4.80. The van der Waals surface area contributed by atoms with Gasteiger partial charge in [0.25, 0.3) is 0 Å². The second kappa shape index (κ2) is 6.28. The first kappa shape index (κ1) is 11.8. The maximum absolute atomic E-state index is 6.02. The van der Waals surface area contributed by atoms with Crippen LogP contribution in [0.1, 0.15) is 18.9 Å². The lowest BCUT2D eigenvalue weighted by Gasteiger charge is -2.14. The number of rotatable bonds is 5. The third kappa shape index (κ3) is 3.49. The molecule has 1 aromatic rings. The van der Waals surface area contributed by atoms with Gasteiger partial charge < -0.3 is 5.32 Å². The van der Waals surface area contributed by atoms with E-state index in [9.17, 15) is 0 Å². The largest absolute Gasteiger partial charge is 0.309 e. The first-order chi connectivity index (χ1) is 6.77. The molecule has 0 bridgehead atoms. The Morgan fingerprint density at radius 1 is 1.36 bits per heavy atom. The van der Waals surface area contributed by atoms with Crippen molar-refractivity contribution in [2.45, 2.75) is 25.9 Å².